The summed E-state index contributed by atoms with van der Waals surface area (Å²) in [5.41, 5.74) is 10.3. The summed E-state index contributed by atoms with van der Waals surface area (Å²) in [5.74, 6) is 1.94. The molecule has 0 fully saturated rings. The molecule has 0 saturated carbocycles. The first-order chi connectivity index (χ1) is 21.7. The van der Waals surface area contributed by atoms with E-state index in [1.807, 2.05) is 72.8 Å². The number of furan rings is 1. The SMILES string of the molecule is Cc1ccc(-c2nc(-c3ccccc3)nc(-c3ccccc3)n2)cc1-c1cccc(-c2cccc3c2oc2ccccc23)c1. The lowest BCUT2D eigenvalue weighted by Crippen LogP contribution is -2.00. The third kappa shape index (κ3) is 4.63. The molecule has 0 aliphatic carbocycles. The molecule has 208 valence electrons. The number of nitrogens with zero attached hydrogens (tertiary/aromatic N) is 3. The molecule has 0 amide bonds. The zero-order chi connectivity index (χ0) is 29.5. The second-order valence-corrected chi connectivity index (χ2v) is 10.9. The lowest BCUT2D eigenvalue weighted by molar-refractivity contribution is 0.670. The van der Waals surface area contributed by atoms with Crippen LogP contribution < -0.4 is 0 Å². The minimum Gasteiger partial charge on any atom is -0.455 e. The molecule has 0 spiro atoms. The van der Waals surface area contributed by atoms with Crippen LogP contribution >= 0.6 is 0 Å². The first kappa shape index (κ1) is 25.8. The number of hydrogen-bond donors (Lipinski definition) is 0. The van der Waals surface area contributed by atoms with Gasteiger partial charge in [-0.2, -0.15) is 0 Å². The fourth-order valence-electron chi connectivity index (χ4n) is 5.84. The Balaban J connectivity index is 1.25. The van der Waals surface area contributed by atoms with Crippen molar-refractivity contribution < 1.29 is 4.42 Å². The number of hydrogen-bond acceptors (Lipinski definition) is 4. The van der Waals surface area contributed by atoms with Gasteiger partial charge in [-0.1, -0.05) is 127 Å². The number of fused-ring (bicyclic) bond motifs is 3. The highest BCUT2D eigenvalue weighted by atomic mass is 16.3. The van der Waals surface area contributed by atoms with Crippen LogP contribution in [0, 0.1) is 6.92 Å². The summed E-state index contributed by atoms with van der Waals surface area (Å²) in [6.45, 7) is 2.14. The van der Waals surface area contributed by atoms with E-state index < -0.39 is 0 Å². The van der Waals surface area contributed by atoms with Crippen LogP contribution in [0.4, 0.5) is 0 Å². The Bertz CT molecular complexity index is 2230. The van der Waals surface area contributed by atoms with Gasteiger partial charge in [0.1, 0.15) is 11.2 Å². The molecular weight excluding hydrogens is 538 g/mol. The summed E-state index contributed by atoms with van der Waals surface area (Å²) >= 11 is 0. The molecule has 0 unspecified atom stereocenters. The smallest absolute Gasteiger partial charge is 0.164 e. The monoisotopic (exact) mass is 565 g/mol. The molecule has 0 aliphatic rings. The van der Waals surface area contributed by atoms with Crippen molar-refractivity contribution in [3.05, 3.63) is 151 Å². The largest absolute Gasteiger partial charge is 0.455 e. The van der Waals surface area contributed by atoms with Crippen LogP contribution in [0.5, 0.6) is 0 Å². The zero-order valence-electron chi connectivity index (χ0n) is 24.1. The third-order valence-electron chi connectivity index (χ3n) is 8.08. The average molecular weight is 566 g/mol. The van der Waals surface area contributed by atoms with Crippen molar-refractivity contribution in [2.45, 2.75) is 6.92 Å². The highest BCUT2D eigenvalue weighted by molar-refractivity contribution is 6.09. The molecule has 6 aromatic carbocycles. The van der Waals surface area contributed by atoms with Crippen molar-refractivity contribution in [2.75, 3.05) is 0 Å². The predicted octanol–water partition coefficient (Wildman–Crippen LogP) is 10.4. The Morgan fingerprint density at radius 2 is 0.955 bits per heavy atom. The van der Waals surface area contributed by atoms with E-state index in [4.69, 9.17) is 19.4 Å². The van der Waals surface area contributed by atoms with Gasteiger partial charge in [-0.3, -0.25) is 0 Å². The molecule has 4 heteroatoms. The number of aryl methyl sites for hydroxylation is 1. The van der Waals surface area contributed by atoms with E-state index in [1.54, 1.807) is 0 Å². The van der Waals surface area contributed by atoms with Gasteiger partial charge in [-0.25, -0.2) is 15.0 Å². The molecule has 0 saturated heterocycles. The number of rotatable bonds is 5. The summed E-state index contributed by atoms with van der Waals surface area (Å²) < 4.78 is 6.36. The third-order valence-corrected chi connectivity index (χ3v) is 8.08. The Labute approximate surface area is 255 Å². The Morgan fingerprint density at radius 3 is 1.66 bits per heavy atom. The summed E-state index contributed by atoms with van der Waals surface area (Å²) in [7, 11) is 0. The van der Waals surface area contributed by atoms with Gasteiger partial charge in [0.15, 0.2) is 17.5 Å². The van der Waals surface area contributed by atoms with E-state index in [0.717, 1.165) is 60.9 Å². The molecule has 8 rings (SSSR count). The Morgan fingerprint density at radius 1 is 0.409 bits per heavy atom. The number of para-hydroxylation sites is 2. The molecular formula is C40H27N3O. The van der Waals surface area contributed by atoms with Crippen molar-refractivity contribution in [1.82, 2.24) is 15.0 Å². The van der Waals surface area contributed by atoms with E-state index in [9.17, 15) is 0 Å². The second-order valence-electron chi connectivity index (χ2n) is 10.9. The maximum absolute atomic E-state index is 6.36. The lowest BCUT2D eigenvalue weighted by atomic mass is 9.94. The lowest BCUT2D eigenvalue weighted by Gasteiger charge is -2.12. The highest BCUT2D eigenvalue weighted by Crippen LogP contribution is 2.38. The maximum atomic E-state index is 6.36. The minimum absolute atomic E-state index is 0.641. The fraction of sp³-hybridized carbons (Fsp3) is 0.0250. The van der Waals surface area contributed by atoms with Crippen molar-refractivity contribution in [3.63, 3.8) is 0 Å². The van der Waals surface area contributed by atoms with Crippen LogP contribution in [-0.4, -0.2) is 15.0 Å². The van der Waals surface area contributed by atoms with Gasteiger partial charge >= 0.3 is 0 Å². The fourth-order valence-corrected chi connectivity index (χ4v) is 5.84. The average Bonchev–Trinajstić information content (AvgIpc) is 3.48. The van der Waals surface area contributed by atoms with E-state index in [2.05, 4.69) is 79.7 Å². The Kier molecular flexibility index (Phi) is 6.31. The van der Waals surface area contributed by atoms with Gasteiger partial charge in [0, 0.05) is 33.0 Å². The predicted molar refractivity (Wildman–Crippen MR) is 179 cm³/mol. The highest BCUT2D eigenvalue weighted by Gasteiger charge is 2.15. The van der Waals surface area contributed by atoms with E-state index in [0.29, 0.717) is 17.5 Å². The van der Waals surface area contributed by atoms with Gasteiger partial charge < -0.3 is 4.42 Å². The second kappa shape index (κ2) is 10.8. The molecule has 0 aliphatic heterocycles. The summed E-state index contributed by atoms with van der Waals surface area (Å²) in [5, 5.41) is 2.26. The van der Waals surface area contributed by atoms with Crippen LogP contribution in [-0.2, 0) is 0 Å². The molecule has 2 aromatic heterocycles. The maximum Gasteiger partial charge on any atom is 0.164 e. The quantitative estimate of drug-likeness (QED) is 0.208. The van der Waals surface area contributed by atoms with E-state index in [-0.39, 0.29) is 0 Å². The first-order valence-corrected chi connectivity index (χ1v) is 14.7. The molecule has 0 N–H and O–H groups in total. The van der Waals surface area contributed by atoms with Gasteiger partial charge in [-0.15, -0.1) is 0 Å². The summed E-state index contributed by atoms with van der Waals surface area (Å²) in [6, 6.07) is 49.8. The van der Waals surface area contributed by atoms with Gasteiger partial charge in [-0.05, 0) is 47.4 Å². The van der Waals surface area contributed by atoms with Gasteiger partial charge in [0.05, 0.1) is 0 Å². The molecule has 2 heterocycles. The molecule has 0 radical (unpaired) electrons. The molecule has 4 nitrogen and oxygen atoms in total. The van der Waals surface area contributed by atoms with Crippen LogP contribution in [0.25, 0.3) is 78.4 Å². The normalized spacial score (nSPS) is 11.3. The van der Waals surface area contributed by atoms with E-state index in [1.165, 1.54) is 5.56 Å². The molecule has 0 atom stereocenters. The van der Waals surface area contributed by atoms with Crippen molar-refractivity contribution in [3.8, 4) is 56.4 Å². The van der Waals surface area contributed by atoms with Crippen LogP contribution in [0.3, 0.4) is 0 Å². The van der Waals surface area contributed by atoms with Crippen LogP contribution in [0.1, 0.15) is 5.56 Å². The standard InChI is InChI=1S/C40H27N3O/c1-26-22-23-31(40-42-38(27-12-4-2-5-13-27)41-39(43-40)28-14-6-3-7-15-28)25-35(26)30-17-10-16-29(24-30)32-19-11-20-34-33-18-8-9-21-36(33)44-37(32)34/h2-25H,1H3. The van der Waals surface area contributed by atoms with Crippen LogP contribution in [0.15, 0.2) is 150 Å². The van der Waals surface area contributed by atoms with Gasteiger partial charge in [0.25, 0.3) is 0 Å². The number of aromatic nitrogens is 3. The zero-order valence-corrected chi connectivity index (χ0v) is 24.1. The number of benzene rings is 6. The minimum atomic E-state index is 0.641. The first-order valence-electron chi connectivity index (χ1n) is 14.7. The summed E-state index contributed by atoms with van der Waals surface area (Å²) in [6.07, 6.45) is 0. The van der Waals surface area contributed by atoms with E-state index >= 15 is 0 Å². The van der Waals surface area contributed by atoms with Crippen molar-refractivity contribution in [1.29, 1.82) is 0 Å². The van der Waals surface area contributed by atoms with Crippen LogP contribution in [0.2, 0.25) is 0 Å². The molecule has 44 heavy (non-hydrogen) atoms. The molecule has 0 bridgehead atoms. The van der Waals surface area contributed by atoms with Crippen molar-refractivity contribution in [2.24, 2.45) is 0 Å². The summed E-state index contributed by atoms with van der Waals surface area (Å²) in [4.78, 5) is 14.8. The Hall–Kier alpha value is -5.87. The topological polar surface area (TPSA) is 51.8 Å². The van der Waals surface area contributed by atoms with Crippen molar-refractivity contribution >= 4 is 21.9 Å². The van der Waals surface area contributed by atoms with Gasteiger partial charge in [0.2, 0.25) is 0 Å². The molecule has 8 aromatic rings.